The molecule has 1 aliphatic rings. The van der Waals surface area contributed by atoms with Crippen LogP contribution in [0.5, 0.6) is 0 Å². The molecule has 98 valence electrons. The number of benzene rings is 1. The third-order valence-corrected chi connectivity index (χ3v) is 3.77. The van der Waals surface area contributed by atoms with E-state index in [4.69, 9.17) is 4.74 Å². The van der Waals surface area contributed by atoms with Crippen LogP contribution in [0, 0.1) is 0 Å². The Hall–Kier alpha value is -0.870. The summed E-state index contributed by atoms with van der Waals surface area (Å²) in [6.45, 7) is 4.24. The quantitative estimate of drug-likeness (QED) is 0.908. The van der Waals surface area contributed by atoms with E-state index in [1.807, 2.05) is 19.1 Å². The van der Waals surface area contributed by atoms with Crippen LogP contribution in [-0.2, 0) is 15.1 Å². The van der Waals surface area contributed by atoms with Gasteiger partial charge in [0.2, 0.25) is 5.91 Å². The van der Waals surface area contributed by atoms with E-state index in [2.05, 4.69) is 33.4 Å². The third kappa shape index (κ3) is 2.93. The summed E-state index contributed by atoms with van der Waals surface area (Å²) in [5, 5.41) is 3.11. The van der Waals surface area contributed by atoms with E-state index >= 15 is 0 Å². The molecular weight excluding hydrogens is 294 g/mol. The summed E-state index contributed by atoms with van der Waals surface area (Å²) in [5.41, 5.74) is 0.987. The van der Waals surface area contributed by atoms with E-state index in [-0.39, 0.29) is 17.6 Å². The minimum absolute atomic E-state index is 0.0330. The number of hydrogen-bond donors (Lipinski definition) is 1. The van der Waals surface area contributed by atoms with Gasteiger partial charge in [-0.05, 0) is 44.4 Å². The van der Waals surface area contributed by atoms with Crippen molar-refractivity contribution in [2.45, 2.75) is 38.3 Å². The molecule has 3 nitrogen and oxygen atoms in total. The van der Waals surface area contributed by atoms with Crippen LogP contribution in [0.15, 0.2) is 28.7 Å². The van der Waals surface area contributed by atoms with Crippen LogP contribution in [0.2, 0.25) is 0 Å². The Morgan fingerprint density at radius 3 is 2.83 bits per heavy atom. The fraction of sp³-hybridized carbons (Fsp3) is 0.500. The lowest BCUT2D eigenvalue weighted by Crippen LogP contribution is -2.41. The largest absolute Gasteiger partial charge is 0.369 e. The maximum absolute atomic E-state index is 12.0. The van der Waals surface area contributed by atoms with Gasteiger partial charge in [-0.1, -0.05) is 28.1 Å². The van der Waals surface area contributed by atoms with Crippen molar-refractivity contribution in [3.05, 3.63) is 34.3 Å². The van der Waals surface area contributed by atoms with Crippen molar-refractivity contribution in [3.63, 3.8) is 0 Å². The summed E-state index contributed by atoms with van der Waals surface area (Å²) in [7, 11) is 0. The molecule has 1 amide bonds. The van der Waals surface area contributed by atoms with Crippen LogP contribution >= 0.6 is 15.9 Å². The zero-order chi connectivity index (χ0) is 13.2. The van der Waals surface area contributed by atoms with Gasteiger partial charge in [-0.15, -0.1) is 0 Å². The summed E-state index contributed by atoms with van der Waals surface area (Å²) in [6, 6.07) is 8.11. The zero-order valence-corrected chi connectivity index (χ0v) is 12.3. The van der Waals surface area contributed by atoms with E-state index in [0.29, 0.717) is 6.61 Å². The maximum Gasteiger partial charge on any atom is 0.249 e. The smallest absolute Gasteiger partial charge is 0.249 e. The summed E-state index contributed by atoms with van der Waals surface area (Å²) in [4.78, 5) is 12.0. The molecule has 0 radical (unpaired) electrons. The van der Waals surface area contributed by atoms with Gasteiger partial charge in [-0.3, -0.25) is 4.79 Å². The number of rotatable bonds is 5. The standard InChI is InChI=1S/C14H18BrNO2/c1-3-18-10(2)13(17)16-14(7-8-14)11-5-4-6-12(15)9-11/h4-6,9-10H,3,7-8H2,1-2H3,(H,16,17)/t10-/m0/s1. The number of ether oxygens (including phenoxy) is 1. The number of hydrogen-bond acceptors (Lipinski definition) is 2. The Morgan fingerprint density at radius 2 is 2.28 bits per heavy atom. The highest BCUT2D eigenvalue weighted by molar-refractivity contribution is 9.10. The number of amides is 1. The van der Waals surface area contributed by atoms with Gasteiger partial charge in [0.05, 0.1) is 5.54 Å². The van der Waals surface area contributed by atoms with Crippen LogP contribution in [0.1, 0.15) is 32.3 Å². The lowest BCUT2D eigenvalue weighted by Gasteiger charge is -2.21. The van der Waals surface area contributed by atoms with Crippen molar-refractivity contribution >= 4 is 21.8 Å². The average molecular weight is 312 g/mol. The number of nitrogens with one attached hydrogen (secondary N) is 1. The second-order valence-corrected chi connectivity index (χ2v) is 5.59. The van der Waals surface area contributed by atoms with Crippen molar-refractivity contribution in [2.75, 3.05) is 6.61 Å². The van der Waals surface area contributed by atoms with Gasteiger partial charge in [0.15, 0.2) is 0 Å². The van der Waals surface area contributed by atoms with Crippen LogP contribution in [0.25, 0.3) is 0 Å². The van der Waals surface area contributed by atoms with Crippen molar-refractivity contribution in [1.29, 1.82) is 0 Å². The molecular formula is C14H18BrNO2. The second-order valence-electron chi connectivity index (χ2n) is 4.68. The van der Waals surface area contributed by atoms with Gasteiger partial charge in [-0.25, -0.2) is 0 Å². The molecule has 0 spiro atoms. The van der Waals surface area contributed by atoms with Crippen molar-refractivity contribution in [2.24, 2.45) is 0 Å². The topological polar surface area (TPSA) is 38.3 Å². The van der Waals surface area contributed by atoms with E-state index in [9.17, 15) is 4.79 Å². The molecule has 0 heterocycles. The molecule has 0 aromatic heterocycles. The highest BCUT2D eigenvalue weighted by Gasteiger charge is 2.46. The molecule has 2 rings (SSSR count). The highest BCUT2D eigenvalue weighted by Crippen LogP contribution is 2.46. The van der Waals surface area contributed by atoms with Gasteiger partial charge in [0.25, 0.3) is 0 Å². The van der Waals surface area contributed by atoms with Gasteiger partial charge in [0.1, 0.15) is 6.10 Å². The van der Waals surface area contributed by atoms with E-state index < -0.39 is 0 Å². The minimum Gasteiger partial charge on any atom is -0.369 e. The van der Waals surface area contributed by atoms with Gasteiger partial charge in [-0.2, -0.15) is 0 Å². The summed E-state index contributed by atoms with van der Waals surface area (Å²) in [6.07, 6.45) is 1.60. The van der Waals surface area contributed by atoms with Crippen LogP contribution in [0.4, 0.5) is 0 Å². The molecule has 1 atom stereocenters. The third-order valence-electron chi connectivity index (χ3n) is 3.28. The SMILES string of the molecule is CCO[C@@H](C)C(=O)NC1(c2cccc(Br)c2)CC1. The minimum atomic E-state index is -0.389. The molecule has 0 bridgehead atoms. The highest BCUT2D eigenvalue weighted by atomic mass is 79.9. The zero-order valence-electron chi connectivity index (χ0n) is 10.7. The fourth-order valence-corrected chi connectivity index (χ4v) is 2.46. The molecule has 18 heavy (non-hydrogen) atoms. The fourth-order valence-electron chi connectivity index (χ4n) is 2.06. The predicted octanol–water partition coefficient (Wildman–Crippen LogP) is 2.98. The maximum atomic E-state index is 12.0. The average Bonchev–Trinajstić information content (AvgIpc) is 3.10. The lowest BCUT2D eigenvalue weighted by atomic mass is 10.0. The van der Waals surface area contributed by atoms with Crippen LogP contribution in [-0.4, -0.2) is 18.6 Å². The molecule has 1 aliphatic carbocycles. The van der Waals surface area contributed by atoms with Gasteiger partial charge in [0, 0.05) is 11.1 Å². The van der Waals surface area contributed by atoms with Crippen LogP contribution < -0.4 is 5.32 Å². The van der Waals surface area contributed by atoms with E-state index in [1.54, 1.807) is 6.92 Å². The molecule has 4 heteroatoms. The van der Waals surface area contributed by atoms with Crippen molar-refractivity contribution < 1.29 is 9.53 Å². The molecule has 0 aliphatic heterocycles. The first-order valence-corrected chi connectivity index (χ1v) is 7.06. The number of carbonyl (C=O) groups excluding carboxylic acids is 1. The first-order valence-electron chi connectivity index (χ1n) is 6.27. The number of carbonyl (C=O) groups is 1. The number of halogens is 1. The Bertz CT molecular complexity index is 443. The van der Waals surface area contributed by atoms with Crippen molar-refractivity contribution in [3.8, 4) is 0 Å². The summed E-state index contributed by atoms with van der Waals surface area (Å²) >= 11 is 3.47. The van der Waals surface area contributed by atoms with Gasteiger partial charge >= 0.3 is 0 Å². The molecule has 0 saturated heterocycles. The molecule has 1 aromatic rings. The Balaban J connectivity index is 2.07. The van der Waals surface area contributed by atoms with E-state index in [1.165, 1.54) is 0 Å². The first kappa shape index (κ1) is 13.6. The molecule has 1 aromatic carbocycles. The monoisotopic (exact) mass is 311 g/mol. The Morgan fingerprint density at radius 1 is 1.56 bits per heavy atom. The van der Waals surface area contributed by atoms with Crippen molar-refractivity contribution in [1.82, 2.24) is 5.32 Å². The molecule has 1 N–H and O–H groups in total. The lowest BCUT2D eigenvalue weighted by molar-refractivity contribution is -0.132. The summed E-state index contributed by atoms with van der Waals surface area (Å²) in [5.74, 6) is -0.0330. The molecule has 1 saturated carbocycles. The predicted molar refractivity (Wildman–Crippen MR) is 74.3 cm³/mol. The van der Waals surface area contributed by atoms with Gasteiger partial charge < -0.3 is 10.1 Å². The summed E-state index contributed by atoms with van der Waals surface area (Å²) < 4.78 is 6.36. The Labute approximate surface area is 116 Å². The normalized spacial score (nSPS) is 18.2. The first-order chi connectivity index (χ1) is 8.57. The Kier molecular flexibility index (Phi) is 4.07. The molecule has 0 unspecified atom stereocenters. The van der Waals surface area contributed by atoms with E-state index in [0.717, 1.165) is 22.9 Å². The molecule has 1 fully saturated rings. The van der Waals surface area contributed by atoms with Crippen LogP contribution in [0.3, 0.4) is 0 Å². The second kappa shape index (κ2) is 5.41.